The molecule has 0 bridgehead atoms. The van der Waals surface area contributed by atoms with Crippen LogP contribution in [0.1, 0.15) is 18.9 Å². The van der Waals surface area contributed by atoms with Crippen molar-refractivity contribution in [3.63, 3.8) is 0 Å². The summed E-state index contributed by atoms with van der Waals surface area (Å²) in [5, 5.41) is 0. The first-order chi connectivity index (χ1) is 9.02. The van der Waals surface area contributed by atoms with Crippen molar-refractivity contribution in [2.24, 2.45) is 0 Å². The van der Waals surface area contributed by atoms with Crippen molar-refractivity contribution in [3.05, 3.63) is 29.8 Å². The number of nitrogen functional groups attached to an aromatic ring is 1. The molecule has 0 atom stereocenters. The van der Waals surface area contributed by atoms with Gasteiger partial charge in [0.25, 0.3) is 0 Å². The first-order valence-electron chi connectivity index (χ1n) is 6.27. The maximum Gasteiger partial charge on any atom is 0.307 e. The highest BCUT2D eigenvalue weighted by Crippen LogP contribution is 2.07. The summed E-state index contributed by atoms with van der Waals surface area (Å²) in [5.74, 6) is -0.316. The van der Waals surface area contributed by atoms with Crippen molar-refractivity contribution in [1.29, 1.82) is 0 Å². The van der Waals surface area contributed by atoms with Gasteiger partial charge < -0.3 is 15.4 Å². The summed E-state index contributed by atoms with van der Waals surface area (Å²) < 4.78 is 4.81. The molecule has 1 aromatic carbocycles. The highest BCUT2D eigenvalue weighted by Gasteiger charge is 2.11. The number of nitrogens with two attached hydrogens (primary N) is 1. The van der Waals surface area contributed by atoms with Crippen LogP contribution in [0.2, 0.25) is 0 Å². The molecule has 104 valence electrons. The molecule has 0 saturated carbocycles. The summed E-state index contributed by atoms with van der Waals surface area (Å²) in [6.07, 6.45) is 0.525. The van der Waals surface area contributed by atoms with Crippen LogP contribution < -0.4 is 5.73 Å². The Morgan fingerprint density at radius 2 is 1.89 bits per heavy atom. The minimum absolute atomic E-state index is 0.0333. The fourth-order valence-corrected chi connectivity index (χ4v) is 1.56. The fraction of sp³-hybridized carbons (Fsp3) is 0.429. The van der Waals surface area contributed by atoms with Gasteiger partial charge in [-0.25, -0.2) is 0 Å². The summed E-state index contributed by atoms with van der Waals surface area (Å²) in [7, 11) is 1.68. The smallest absolute Gasteiger partial charge is 0.307 e. The van der Waals surface area contributed by atoms with E-state index >= 15 is 0 Å². The molecule has 0 spiro atoms. The Balaban J connectivity index is 2.40. The number of carbonyl (C=O) groups is 2. The molecule has 0 saturated heterocycles. The number of benzene rings is 1. The van der Waals surface area contributed by atoms with Crippen LogP contribution in [0, 0.1) is 0 Å². The lowest BCUT2D eigenvalue weighted by Crippen LogP contribution is -2.30. The van der Waals surface area contributed by atoms with Crippen LogP contribution in [0.5, 0.6) is 0 Å². The largest absolute Gasteiger partial charge is 0.466 e. The number of carbonyl (C=O) groups excluding carboxylic acids is 2. The predicted molar refractivity (Wildman–Crippen MR) is 73.4 cm³/mol. The van der Waals surface area contributed by atoms with Gasteiger partial charge in [0.15, 0.2) is 0 Å². The molecule has 19 heavy (non-hydrogen) atoms. The lowest BCUT2D eigenvalue weighted by atomic mass is 10.1. The molecule has 1 rings (SSSR count). The number of ether oxygens (including phenoxy) is 1. The number of rotatable bonds is 6. The highest BCUT2D eigenvalue weighted by molar-refractivity contribution is 5.79. The SMILES string of the molecule is CCOC(=O)CCN(C)C(=O)Cc1ccc(N)cc1. The topological polar surface area (TPSA) is 72.6 Å². The van der Waals surface area contributed by atoms with Crippen molar-refractivity contribution < 1.29 is 14.3 Å². The fourth-order valence-electron chi connectivity index (χ4n) is 1.56. The Morgan fingerprint density at radius 3 is 2.47 bits per heavy atom. The minimum atomic E-state index is -0.283. The first kappa shape index (κ1) is 15.0. The van der Waals surface area contributed by atoms with Crippen LogP contribution in [-0.4, -0.2) is 37.0 Å². The average Bonchev–Trinajstić information content (AvgIpc) is 2.39. The van der Waals surface area contributed by atoms with E-state index in [-0.39, 0.29) is 18.3 Å². The van der Waals surface area contributed by atoms with Gasteiger partial charge in [-0.2, -0.15) is 0 Å². The van der Waals surface area contributed by atoms with Gasteiger partial charge in [-0.15, -0.1) is 0 Å². The molecule has 0 aliphatic rings. The predicted octanol–water partition coefficient (Wildman–Crippen LogP) is 1.22. The number of nitrogens with zero attached hydrogens (tertiary/aromatic N) is 1. The molecule has 5 heteroatoms. The molecular formula is C14H20N2O3. The number of hydrogen-bond donors (Lipinski definition) is 1. The second-order valence-corrected chi connectivity index (χ2v) is 4.29. The third-order valence-electron chi connectivity index (χ3n) is 2.72. The average molecular weight is 264 g/mol. The lowest BCUT2D eigenvalue weighted by molar-refractivity contribution is -0.143. The molecule has 0 fully saturated rings. The molecule has 1 aromatic rings. The minimum Gasteiger partial charge on any atom is -0.466 e. The van der Waals surface area contributed by atoms with Gasteiger partial charge in [-0.3, -0.25) is 9.59 Å². The summed E-state index contributed by atoms with van der Waals surface area (Å²) >= 11 is 0. The first-order valence-corrected chi connectivity index (χ1v) is 6.27. The van der Waals surface area contributed by atoms with Crippen molar-refractivity contribution in [1.82, 2.24) is 4.90 Å². The van der Waals surface area contributed by atoms with E-state index < -0.39 is 0 Å². The zero-order valence-electron chi connectivity index (χ0n) is 11.4. The summed E-state index contributed by atoms with van der Waals surface area (Å²) in [5.41, 5.74) is 7.16. The van der Waals surface area contributed by atoms with Crippen LogP contribution in [-0.2, 0) is 20.7 Å². The Bertz CT molecular complexity index is 429. The Labute approximate surface area is 113 Å². The van der Waals surface area contributed by atoms with Crippen LogP contribution >= 0.6 is 0 Å². The van der Waals surface area contributed by atoms with E-state index in [9.17, 15) is 9.59 Å². The molecule has 0 heterocycles. The van der Waals surface area contributed by atoms with E-state index in [1.165, 1.54) is 4.90 Å². The van der Waals surface area contributed by atoms with Crippen LogP contribution in [0.4, 0.5) is 5.69 Å². The number of likely N-dealkylation sites (N-methyl/N-ethyl adjacent to an activating group) is 1. The summed E-state index contributed by atoms with van der Waals surface area (Å²) in [6.45, 7) is 2.49. The van der Waals surface area contributed by atoms with Crippen molar-refractivity contribution in [2.45, 2.75) is 19.8 Å². The van der Waals surface area contributed by atoms with Gasteiger partial charge >= 0.3 is 5.97 Å². The zero-order valence-corrected chi connectivity index (χ0v) is 11.4. The van der Waals surface area contributed by atoms with Gasteiger partial charge in [0.05, 0.1) is 19.4 Å². The van der Waals surface area contributed by atoms with E-state index in [2.05, 4.69) is 0 Å². The third kappa shape index (κ3) is 5.42. The normalized spacial score (nSPS) is 10.0. The maximum atomic E-state index is 11.9. The molecule has 5 nitrogen and oxygen atoms in total. The molecule has 0 aliphatic carbocycles. The summed E-state index contributed by atoms with van der Waals surface area (Å²) in [6, 6.07) is 7.18. The van der Waals surface area contributed by atoms with E-state index in [4.69, 9.17) is 10.5 Å². The molecule has 0 aliphatic heterocycles. The molecule has 1 amide bonds. The number of esters is 1. The van der Waals surface area contributed by atoms with Gasteiger partial charge in [-0.1, -0.05) is 12.1 Å². The zero-order chi connectivity index (χ0) is 14.3. The van der Waals surface area contributed by atoms with Gasteiger partial charge in [-0.05, 0) is 24.6 Å². The monoisotopic (exact) mass is 264 g/mol. The Morgan fingerprint density at radius 1 is 1.26 bits per heavy atom. The van der Waals surface area contributed by atoms with Gasteiger partial charge in [0.2, 0.25) is 5.91 Å². The van der Waals surface area contributed by atoms with Crippen LogP contribution in [0.15, 0.2) is 24.3 Å². The Kier molecular flexibility index (Phi) is 5.85. The van der Waals surface area contributed by atoms with E-state index in [1.807, 2.05) is 12.1 Å². The van der Waals surface area contributed by atoms with E-state index in [1.54, 1.807) is 26.1 Å². The van der Waals surface area contributed by atoms with Crippen molar-refractivity contribution in [3.8, 4) is 0 Å². The molecule has 0 unspecified atom stereocenters. The number of hydrogen-bond acceptors (Lipinski definition) is 4. The molecule has 0 radical (unpaired) electrons. The standard InChI is InChI=1S/C14H20N2O3/c1-3-19-14(18)8-9-16(2)13(17)10-11-4-6-12(15)7-5-11/h4-7H,3,8-10,15H2,1-2H3. The second-order valence-electron chi connectivity index (χ2n) is 4.29. The molecule has 2 N–H and O–H groups in total. The van der Waals surface area contributed by atoms with Crippen molar-refractivity contribution >= 4 is 17.6 Å². The van der Waals surface area contributed by atoms with E-state index in [0.29, 0.717) is 25.3 Å². The van der Waals surface area contributed by atoms with Gasteiger partial charge in [0.1, 0.15) is 0 Å². The number of anilines is 1. The van der Waals surface area contributed by atoms with Gasteiger partial charge in [0, 0.05) is 19.3 Å². The molecular weight excluding hydrogens is 244 g/mol. The highest BCUT2D eigenvalue weighted by atomic mass is 16.5. The van der Waals surface area contributed by atoms with Crippen LogP contribution in [0.25, 0.3) is 0 Å². The maximum absolute atomic E-state index is 11.9. The Hall–Kier alpha value is -2.04. The number of amides is 1. The quantitative estimate of drug-likeness (QED) is 0.619. The van der Waals surface area contributed by atoms with Crippen LogP contribution in [0.3, 0.4) is 0 Å². The lowest BCUT2D eigenvalue weighted by Gasteiger charge is -2.16. The molecule has 0 aromatic heterocycles. The van der Waals surface area contributed by atoms with E-state index in [0.717, 1.165) is 5.56 Å². The second kappa shape index (κ2) is 7.41. The summed E-state index contributed by atoms with van der Waals surface area (Å²) in [4.78, 5) is 24.6. The third-order valence-corrected chi connectivity index (χ3v) is 2.72. The van der Waals surface area contributed by atoms with Crippen molar-refractivity contribution in [2.75, 3.05) is 25.9 Å².